The summed E-state index contributed by atoms with van der Waals surface area (Å²) in [6, 6.07) is 0. The van der Waals surface area contributed by atoms with Crippen LogP contribution in [-0.2, 0) is 9.93 Å². The van der Waals surface area contributed by atoms with E-state index in [0.717, 1.165) is 0 Å². The first kappa shape index (κ1) is 3.88. The van der Waals surface area contributed by atoms with Gasteiger partial charge in [-0.1, -0.05) is 5.04 Å². The maximum atomic E-state index is 7.15. The second kappa shape index (κ2) is 2.88. The van der Waals surface area contributed by atoms with Crippen LogP contribution in [0.15, 0.2) is 0 Å². The molecule has 0 saturated carbocycles. The highest BCUT2D eigenvalue weighted by Crippen LogP contribution is 1.50. The van der Waals surface area contributed by atoms with Gasteiger partial charge in [-0.25, -0.2) is 10.1 Å². The van der Waals surface area contributed by atoms with Crippen LogP contribution < -0.4 is 0 Å². The van der Waals surface area contributed by atoms with Crippen LogP contribution in [0.3, 0.4) is 0 Å². The van der Waals surface area contributed by atoms with Crippen molar-refractivity contribution in [3.05, 3.63) is 0 Å². The Bertz CT molecular complexity index is 5.25. The quantitative estimate of drug-likeness (QED) is 0.345. The van der Waals surface area contributed by atoms with Crippen molar-refractivity contribution in [3.63, 3.8) is 0 Å². The highest BCUT2D eigenvalue weighted by atomic mass is 17.5. The summed E-state index contributed by atoms with van der Waals surface area (Å²) in [5.41, 5.74) is 0. The lowest BCUT2D eigenvalue weighted by Crippen LogP contribution is -1.74. The summed E-state index contributed by atoms with van der Waals surface area (Å²) < 4.78 is 0. The lowest BCUT2D eigenvalue weighted by Gasteiger charge is -1.74. The van der Waals surface area contributed by atoms with Gasteiger partial charge in [0.2, 0.25) is 0 Å². The minimum atomic E-state index is 1.21. The van der Waals surface area contributed by atoms with Gasteiger partial charge in [-0.05, 0) is 0 Å². The second-order valence-corrected chi connectivity index (χ2v) is 0.241. The molecule has 4 heavy (non-hydrogen) atoms. The topological polar surface area (TPSA) is 38.7 Å². The molecule has 0 spiro atoms. The molecule has 3 nitrogen and oxygen atoms in total. The minimum Gasteiger partial charge on any atom is -0.221 e. The standard InChI is InChI=1S/CH4O3/c1-3-4-2/h2H,1H3. The van der Waals surface area contributed by atoms with E-state index >= 15 is 0 Å². The molecule has 0 aromatic rings. The van der Waals surface area contributed by atoms with Gasteiger partial charge in [-0.15, -0.1) is 0 Å². The third-order valence-electron chi connectivity index (χ3n) is 0.0745. The molecule has 0 aliphatic rings. The largest absolute Gasteiger partial charge is 0.221 e. The Balaban J connectivity index is 1.97. The summed E-state index contributed by atoms with van der Waals surface area (Å²) >= 11 is 0. The van der Waals surface area contributed by atoms with E-state index in [9.17, 15) is 0 Å². The molecule has 0 rings (SSSR count). The van der Waals surface area contributed by atoms with Gasteiger partial charge in [-0.2, -0.15) is 0 Å². The summed E-state index contributed by atoms with van der Waals surface area (Å²) in [5, 5.41) is 10.2. The fourth-order valence-electron chi connectivity index (χ4n) is 0. The second-order valence-electron chi connectivity index (χ2n) is 0.241. The zero-order chi connectivity index (χ0) is 3.41. The predicted octanol–water partition coefficient (Wildman–Crippen LogP) is 0.0374. The van der Waals surface area contributed by atoms with E-state index < -0.39 is 0 Å². The Labute approximate surface area is 23.6 Å². The van der Waals surface area contributed by atoms with Crippen molar-refractivity contribution in [3.8, 4) is 0 Å². The molecule has 0 aromatic heterocycles. The van der Waals surface area contributed by atoms with Gasteiger partial charge in [0.1, 0.15) is 0 Å². The van der Waals surface area contributed by atoms with Crippen LogP contribution in [0.5, 0.6) is 0 Å². The molecular formula is CH4O3. The molecule has 26 valence electrons. The van der Waals surface area contributed by atoms with Gasteiger partial charge in [0.25, 0.3) is 0 Å². The zero-order valence-electron chi connectivity index (χ0n) is 2.26. The van der Waals surface area contributed by atoms with E-state index in [1.54, 1.807) is 0 Å². The molecule has 0 fully saturated rings. The van der Waals surface area contributed by atoms with E-state index in [4.69, 9.17) is 5.26 Å². The maximum Gasteiger partial charge on any atom is 0.0744 e. The SMILES string of the molecule is COOO. The maximum absolute atomic E-state index is 7.15. The first-order chi connectivity index (χ1) is 1.91. The van der Waals surface area contributed by atoms with Crippen LogP contribution in [0, 0.1) is 0 Å². The molecule has 0 heterocycles. The smallest absolute Gasteiger partial charge is 0.0744 e. The molecule has 0 saturated heterocycles. The number of rotatable bonds is 1. The van der Waals surface area contributed by atoms with E-state index in [-0.39, 0.29) is 0 Å². The molecule has 0 radical (unpaired) electrons. The molecule has 1 N–H and O–H groups in total. The van der Waals surface area contributed by atoms with E-state index in [1.165, 1.54) is 7.11 Å². The Hall–Kier alpha value is -0.120. The zero-order valence-corrected chi connectivity index (χ0v) is 2.26. The van der Waals surface area contributed by atoms with E-state index in [1.807, 2.05) is 0 Å². The van der Waals surface area contributed by atoms with Crippen molar-refractivity contribution in [2.75, 3.05) is 7.11 Å². The van der Waals surface area contributed by atoms with Crippen LogP contribution in [0.2, 0.25) is 0 Å². The van der Waals surface area contributed by atoms with Gasteiger partial charge in [-0.3, -0.25) is 0 Å². The number of hydrogen-bond acceptors (Lipinski definition) is 3. The highest BCUT2D eigenvalue weighted by Gasteiger charge is 1.50. The van der Waals surface area contributed by atoms with Crippen LogP contribution >= 0.6 is 0 Å². The molecule has 0 aliphatic carbocycles. The van der Waals surface area contributed by atoms with Gasteiger partial charge in [0, 0.05) is 0 Å². The predicted molar refractivity (Wildman–Crippen MR) is 10.7 cm³/mol. The molecule has 0 bridgehead atoms. The molecular weight excluding hydrogens is 60.0 g/mol. The Morgan fingerprint density at radius 2 is 2.00 bits per heavy atom. The monoisotopic (exact) mass is 64.0 g/mol. The van der Waals surface area contributed by atoms with Crippen LogP contribution in [0.1, 0.15) is 0 Å². The lowest BCUT2D eigenvalue weighted by atomic mass is 11.8. The molecule has 0 aromatic carbocycles. The van der Waals surface area contributed by atoms with Crippen molar-refractivity contribution in [1.29, 1.82) is 0 Å². The van der Waals surface area contributed by atoms with Gasteiger partial charge >= 0.3 is 0 Å². The van der Waals surface area contributed by atoms with Crippen LogP contribution in [0.25, 0.3) is 0 Å². The third kappa shape index (κ3) is 1.88. The third-order valence-corrected chi connectivity index (χ3v) is 0.0745. The fourth-order valence-corrected chi connectivity index (χ4v) is 0. The minimum absolute atomic E-state index is 1.21. The summed E-state index contributed by atoms with van der Waals surface area (Å²) in [7, 11) is 1.21. The van der Waals surface area contributed by atoms with Gasteiger partial charge < -0.3 is 0 Å². The normalized spacial score (nSPS) is 7.50. The summed E-state index contributed by atoms with van der Waals surface area (Å²) in [5.74, 6) is 0. The average Bonchev–Trinajstić information content (AvgIpc) is 1.37. The van der Waals surface area contributed by atoms with Gasteiger partial charge in [0.15, 0.2) is 0 Å². The van der Waals surface area contributed by atoms with Crippen molar-refractivity contribution in [2.24, 2.45) is 0 Å². The molecule has 3 heteroatoms. The van der Waals surface area contributed by atoms with E-state index in [2.05, 4.69) is 9.93 Å². The summed E-state index contributed by atoms with van der Waals surface area (Å²) in [6.45, 7) is 0. The molecule has 0 atom stereocenters. The van der Waals surface area contributed by atoms with Crippen LogP contribution in [0.4, 0.5) is 0 Å². The Kier molecular flexibility index (Phi) is 2.79. The first-order valence-electron chi connectivity index (χ1n) is 0.757. The molecule has 0 unspecified atom stereocenters. The summed E-state index contributed by atoms with van der Waals surface area (Å²) in [4.78, 5) is 3.60. The van der Waals surface area contributed by atoms with Crippen LogP contribution in [-0.4, -0.2) is 12.4 Å². The Morgan fingerprint density at radius 1 is 1.75 bits per heavy atom. The lowest BCUT2D eigenvalue weighted by molar-refractivity contribution is -0.479. The van der Waals surface area contributed by atoms with Crippen molar-refractivity contribution in [2.45, 2.75) is 0 Å². The fraction of sp³-hybridized carbons (Fsp3) is 1.00. The summed E-state index contributed by atoms with van der Waals surface area (Å²) in [6.07, 6.45) is 0. The van der Waals surface area contributed by atoms with Gasteiger partial charge in [0.05, 0.1) is 7.11 Å². The van der Waals surface area contributed by atoms with Crippen molar-refractivity contribution < 1.29 is 15.2 Å². The average molecular weight is 64.0 g/mol. The number of hydrogen-bond donors (Lipinski definition) is 1. The first-order valence-corrected chi connectivity index (χ1v) is 0.757. The highest BCUT2D eigenvalue weighted by molar-refractivity contribution is 3.34. The molecule has 0 aliphatic heterocycles. The van der Waals surface area contributed by atoms with Crippen molar-refractivity contribution in [1.82, 2.24) is 0 Å². The molecule has 0 amide bonds. The van der Waals surface area contributed by atoms with Crippen molar-refractivity contribution >= 4 is 0 Å². The van der Waals surface area contributed by atoms with E-state index in [0.29, 0.717) is 0 Å². The Morgan fingerprint density at radius 3 is 2.00 bits per heavy atom.